The number of phenols is 1. The number of nitrogens with zero attached hydrogens (tertiary/aromatic N) is 2. The summed E-state index contributed by atoms with van der Waals surface area (Å²) in [5.74, 6) is 2.53. The van der Waals surface area contributed by atoms with Gasteiger partial charge < -0.3 is 15.3 Å². The van der Waals surface area contributed by atoms with Crippen LogP contribution in [0.2, 0.25) is 0 Å². The Morgan fingerprint density at radius 1 is 1.33 bits per heavy atom. The SMILES string of the molecule is CCNC(=NCCCc1ccc(O)cc1)N1CCSC(C)(C)C1.I. The molecule has 1 fully saturated rings. The normalized spacial score (nSPS) is 17.3. The molecule has 1 heterocycles. The minimum atomic E-state index is 0. The van der Waals surface area contributed by atoms with E-state index in [1.165, 1.54) is 5.56 Å². The van der Waals surface area contributed by atoms with E-state index in [-0.39, 0.29) is 24.0 Å². The maximum absolute atomic E-state index is 9.31. The van der Waals surface area contributed by atoms with Crippen LogP contribution in [0.5, 0.6) is 5.75 Å². The lowest BCUT2D eigenvalue weighted by Crippen LogP contribution is -2.51. The second-order valence-electron chi connectivity index (χ2n) is 6.54. The first-order valence-corrected chi connectivity index (χ1v) is 9.44. The fraction of sp³-hybridized carbons (Fsp3) is 0.611. The van der Waals surface area contributed by atoms with Crippen LogP contribution in [0.1, 0.15) is 32.8 Å². The fourth-order valence-corrected chi connectivity index (χ4v) is 3.87. The number of guanidine groups is 1. The average molecular weight is 463 g/mol. The first kappa shape index (κ1) is 21.4. The molecule has 136 valence electrons. The highest BCUT2D eigenvalue weighted by Crippen LogP contribution is 2.29. The van der Waals surface area contributed by atoms with E-state index in [1.807, 2.05) is 23.9 Å². The number of aromatic hydroxyl groups is 1. The minimum absolute atomic E-state index is 0. The zero-order valence-electron chi connectivity index (χ0n) is 14.9. The number of thioether (sulfide) groups is 1. The number of halogens is 1. The smallest absolute Gasteiger partial charge is 0.193 e. The summed E-state index contributed by atoms with van der Waals surface area (Å²) in [5, 5.41) is 12.7. The fourth-order valence-electron chi connectivity index (χ4n) is 2.75. The summed E-state index contributed by atoms with van der Waals surface area (Å²) >= 11 is 2.04. The Morgan fingerprint density at radius 2 is 2.04 bits per heavy atom. The number of hydrogen-bond acceptors (Lipinski definition) is 3. The molecule has 0 saturated carbocycles. The van der Waals surface area contributed by atoms with Gasteiger partial charge >= 0.3 is 0 Å². The van der Waals surface area contributed by atoms with E-state index in [2.05, 4.69) is 31.0 Å². The van der Waals surface area contributed by atoms with Crippen molar-refractivity contribution in [3.63, 3.8) is 0 Å². The van der Waals surface area contributed by atoms with Gasteiger partial charge in [-0.15, -0.1) is 24.0 Å². The number of aliphatic imine (C=N–C) groups is 1. The van der Waals surface area contributed by atoms with Gasteiger partial charge in [-0.2, -0.15) is 11.8 Å². The van der Waals surface area contributed by atoms with E-state index < -0.39 is 0 Å². The van der Waals surface area contributed by atoms with Gasteiger partial charge in [0.1, 0.15) is 5.75 Å². The van der Waals surface area contributed by atoms with Crippen LogP contribution in [0.3, 0.4) is 0 Å². The van der Waals surface area contributed by atoms with E-state index in [4.69, 9.17) is 4.99 Å². The summed E-state index contributed by atoms with van der Waals surface area (Å²) < 4.78 is 0.292. The van der Waals surface area contributed by atoms with Crippen molar-refractivity contribution in [2.75, 3.05) is 31.9 Å². The molecule has 1 saturated heterocycles. The standard InChI is InChI=1S/C18H29N3OS.HI/c1-4-19-17(21-12-13-23-18(2,3)14-21)20-11-5-6-15-7-9-16(22)10-8-15;/h7-10,22H,4-6,11-14H2,1-3H3,(H,19,20);1H. The van der Waals surface area contributed by atoms with Gasteiger partial charge in [0, 0.05) is 36.7 Å². The van der Waals surface area contributed by atoms with Crippen LogP contribution in [0.4, 0.5) is 0 Å². The first-order valence-electron chi connectivity index (χ1n) is 8.45. The van der Waals surface area contributed by atoms with Gasteiger partial charge in [0.05, 0.1) is 0 Å². The number of phenolic OH excluding ortho intramolecular Hbond substituents is 1. The molecule has 0 spiro atoms. The molecule has 0 aliphatic carbocycles. The van der Waals surface area contributed by atoms with Crippen LogP contribution < -0.4 is 5.32 Å². The van der Waals surface area contributed by atoms with E-state index in [0.29, 0.717) is 10.5 Å². The zero-order chi connectivity index (χ0) is 16.7. The Kier molecular flexibility index (Phi) is 9.26. The summed E-state index contributed by atoms with van der Waals surface area (Å²) in [6.45, 7) is 10.6. The molecule has 2 rings (SSSR count). The lowest BCUT2D eigenvalue weighted by molar-refractivity contribution is 0.376. The quantitative estimate of drug-likeness (QED) is 0.302. The maximum atomic E-state index is 9.31. The number of aryl methyl sites for hydroxylation is 1. The lowest BCUT2D eigenvalue weighted by atomic mass is 10.1. The zero-order valence-corrected chi connectivity index (χ0v) is 18.1. The number of rotatable bonds is 5. The van der Waals surface area contributed by atoms with Crippen LogP contribution in [0.25, 0.3) is 0 Å². The molecule has 2 N–H and O–H groups in total. The molecule has 1 aliphatic rings. The van der Waals surface area contributed by atoms with Crippen molar-refractivity contribution in [2.45, 2.75) is 38.4 Å². The molecular formula is C18H30IN3OS. The third kappa shape index (κ3) is 7.09. The topological polar surface area (TPSA) is 47.9 Å². The molecule has 6 heteroatoms. The predicted molar refractivity (Wildman–Crippen MR) is 116 cm³/mol. The van der Waals surface area contributed by atoms with Gasteiger partial charge in [-0.25, -0.2) is 0 Å². The monoisotopic (exact) mass is 463 g/mol. The Hall–Kier alpha value is -0.630. The first-order chi connectivity index (χ1) is 11.0. The van der Waals surface area contributed by atoms with E-state index in [9.17, 15) is 5.11 Å². The van der Waals surface area contributed by atoms with Crippen LogP contribution in [0, 0.1) is 0 Å². The van der Waals surface area contributed by atoms with E-state index >= 15 is 0 Å². The highest BCUT2D eigenvalue weighted by atomic mass is 127. The molecule has 0 atom stereocenters. The second-order valence-corrected chi connectivity index (χ2v) is 8.34. The van der Waals surface area contributed by atoms with Crippen molar-refractivity contribution >= 4 is 41.7 Å². The highest BCUT2D eigenvalue weighted by Gasteiger charge is 2.28. The summed E-state index contributed by atoms with van der Waals surface area (Å²) in [5.41, 5.74) is 1.25. The number of hydrogen-bond donors (Lipinski definition) is 2. The van der Waals surface area contributed by atoms with Gasteiger partial charge in [-0.1, -0.05) is 12.1 Å². The van der Waals surface area contributed by atoms with Crippen molar-refractivity contribution in [1.82, 2.24) is 10.2 Å². The molecule has 0 radical (unpaired) electrons. The van der Waals surface area contributed by atoms with Crippen LogP contribution in [-0.2, 0) is 6.42 Å². The average Bonchev–Trinajstić information content (AvgIpc) is 2.51. The van der Waals surface area contributed by atoms with Crippen LogP contribution in [-0.4, -0.2) is 52.6 Å². The molecule has 1 aromatic rings. The number of nitrogens with one attached hydrogen (secondary N) is 1. The predicted octanol–water partition coefficient (Wildman–Crippen LogP) is 3.74. The van der Waals surface area contributed by atoms with Crippen LogP contribution >= 0.6 is 35.7 Å². The molecule has 1 aromatic carbocycles. The van der Waals surface area contributed by atoms with E-state index in [0.717, 1.165) is 50.7 Å². The van der Waals surface area contributed by atoms with E-state index in [1.54, 1.807) is 12.1 Å². The molecule has 1 aliphatic heterocycles. The summed E-state index contributed by atoms with van der Waals surface area (Å²) in [4.78, 5) is 7.20. The van der Waals surface area contributed by atoms with Gasteiger partial charge in [0.15, 0.2) is 5.96 Å². The molecule has 4 nitrogen and oxygen atoms in total. The van der Waals surface area contributed by atoms with Crippen LogP contribution in [0.15, 0.2) is 29.3 Å². The number of benzene rings is 1. The summed E-state index contributed by atoms with van der Waals surface area (Å²) in [6, 6.07) is 7.45. The molecule has 0 bridgehead atoms. The van der Waals surface area contributed by atoms with Gasteiger partial charge in [-0.05, 0) is 51.3 Å². The second kappa shape index (κ2) is 10.4. The minimum Gasteiger partial charge on any atom is -0.508 e. The molecule has 0 aromatic heterocycles. The maximum Gasteiger partial charge on any atom is 0.193 e. The molecule has 24 heavy (non-hydrogen) atoms. The van der Waals surface area contributed by atoms with Crippen molar-refractivity contribution in [3.05, 3.63) is 29.8 Å². The van der Waals surface area contributed by atoms with Gasteiger partial charge in [0.25, 0.3) is 0 Å². The van der Waals surface area contributed by atoms with Crippen molar-refractivity contribution in [2.24, 2.45) is 4.99 Å². The summed E-state index contributed by atoms with van der Waals surface area (Å²) in [7, 11) is 0. The Morgan fingerprint density at radius 3 is 2.67 bits per heavy atom. The molecule has 0 amide bonds. The third-order valence-corrected chi connectivity index (χ3v) is 5.18. The largest absolute Gasteiger partial charge is 0.508 e. The Labute approximate surface area is 167 Å². The highest BCUT2D eigenvalue weighted by molar-refractivity contribution is 14.0. The summed E-state index contributed by atoms with van der Waals surface area (Å²) in [6.07, 6.45) is 2.01. The molecular weight excluding hydrogens is 433 g/mol. The van der Waals surface area contributed by atoms with Crippen molar-refractivity contribution < 1.29 is 5.11 Å². The van der Waals surface area contributed by atoms with Crippen molar-refractivity contribution in [1.29, 1.82) is 0 Å². The Bertz CT molecular complexity index is 520. The third-order valence-electron chi connectivity index (χ3n) is 3.88. The van der Waals surface area contributed by atoms with Gasteiger partial charge in [-0.3, -0.25) is 4.99 Å². The molecule has 0 unspecified atom stereocenters. The lowest BCUT2D eigenvalue weighted by Gasteiger charge is -2.39. The Balaban J connectivity index is 0.00000288. The van der Waals surface area contributed by atoms with Crippen molar-refractivity contribution in [3.8, 4) is 5.75 Å². The van der Waals surface area contributed by atoms with Gasteiger partial charge in [0.2, 0.25) is 0 Å².